The van der Waals surface area contributed by atoms with Gasteiger partial charge in [0.1, 0.15) is 17.6 Å². The number of aromatic nitrogens is 3. The van der Waals surface area contributed by atoms with E-state index >= 15 is 0 Å². The fraction of sp³-hybridized carbons (Fsp3) is 0.0714. The van der Waals surface area contributed by atoms with Crippen molar-refractivity contribution in [2.75, 3.05) is 5.32 Å². The highest BCUT2D eigenvalue weighted by atomic mass is 16.5. The number of nitrogens with one attached hydrogen (secondary N) is 2. The summed E-state index contributed by atoms with van der Waals surface area (Å²) in [6, 6.07) is 24.7. The van der Waals surface area contributed by atoms with E-state index < -0.39 is 0 Å². The Bertz CT molecular complexity index is 1560. The van der Waals surface area contributed by atoms with Crippen molar-refractivity contribution >= 4 is 22.8 Å². The highest BCUT2D eigenvalue weighted by Gasteiger charge is 2.19. The van der Waals surface area contributed by atoms with Crippen LogP contribution >= 0.6 is 0 Å². The van der Waals surface area contributed by atoms with E-state index in [9.17, 15) is 10.1 Å². The van der Waals surface area contributed by atoms with Gasteiger partial charge in [-0.2, -0.15) is 10.4 Å². The van der Waals surface area contributed by atoms with Crippen LogP contribution in [0.2, 0.25) is 0 Å². The number of nitriles is 1. The van der Waals surface area contributed by atoms with E-state index in [1.807, 2.05) is 79.7 Å². The zero-order valence-corrected chi connectivity index (χ0v) is 19.5. The first-order valence-corrected chi connectivity index (χ1v) is 11.3. The topological polar surface area (TPSA) is 104 Å². The van der Waals surface area contributed by atoms with Crippen molar-refractivity contribution in [3.8, 4) is 17.6 Å². The van der Waals surface area contributed by atoms with Gasteiger partial charge in [-0.1, -0.05) is 24.3 Å². The summed E-state index contributed by atoms with van der Waals surface area (Å²) in [7, 11) is 0. The van der Waals surface area contributed by atoms with Crippen molar-refractivity contribution in [3.05, 3.63) is 114 Å². The number of benzene rings is 2. The molecule has 0 spiro atoms. The molecule has 0 bridgehead atoms. The molecule has 2 N–H and O–H groups in total. The lowest BCUT2D eigenvalue weighted by atomic mass is 10.1. The third kappa shape index (κ3) is 4.72. The Kier molecular flexibility index (Phi) is 6.28. The molecular formula is C28H22N6O2. The largest absolute Gasteiger partial charge is 0.457 e. The highest BCUT2D eigenvalue weighted by molar-refractivity contribution is 6.00. The molecule has 8 nitrogen and oxygen atoms in total. The molecule has 0 aliphatic heterocycles. The molecule has 0 aliphatic rings. The van der Waals surface area contributed by atoms with Crippen molar-refractivity contribution in [1.82, 2.24) is 19.9 Å². The summed E-state index contributed by atoms with van der Waals surface area (Å²) < 4.78 is 7.47. The average Bonchev–Trinajstić information content (AvgIpc) is 3.26. The van der Waals surface area contributed by atoms with Crippen molar-refractivity contribution in [1.29, 1.82) is 5.26 Å². The Labute approximate surface area is 207 Å². The Hall–Kier alpha value is -5.16. The van der Waals surface area contributed by atoms with Crippen LogP contribution in [-0.2, 0) is 6.54 Å². The summed E-state index contributed by atoms with van der Waals surface area (Å²) in [4.78, 5) is 17.2. The van der Waals surface area contributed by atoms with Crippen molar-refractivity contribution in [3.63, 3.8) is 0 Å². The second kappa shape index (κ2) is 9.99. The first kappa shape index (κ1) is 22.6. The molecule has 5 rings (SSSR count). The minimum Gasteiger partial charge on any atom is -0.457 e. The summed E-state index contributed by atoms with van der Waals surface area (Å²) in [5.74, 6) is 1.20. The van der Waals surface area contributed by atoms with Crippen LogP contribution in [0.15, 0.2) is 91.4 Å². The van der Waals surface area contributed by atoms with Gasteiger partial charge in [-0.3, -0.25) is 9.78 Å². The predicted octanol–water partition coefficient (Wildman–Crippen LogP) is 5.38. The number of anilines is 2. The number of fused-ring (bicyclic) bond motifs is 1. The smallest absolute Gasteiger partial charge is 0.253 e. The van der Waals surface area contributed by atoms with Gasteiger partial charge >= 0.3 is 0 Å². The molecule has 0 aliphatic carbocycles. The normalized spacial score (nSPS) is 10.6. The van der Waals surface area contributed by atoms with Crippen LogP contribution in [0.5, 0.6) is 11.5 Å². The number of nitrogens with zero attached hydrogens (tertiary/aromatic N) is 4. The molecule has 5 aromatic rings. The van der Waals surface area contributed by atoms with Gasteiger partial charge in [-0.25, -0.2) is 4.52 Å². The Morgan fingerprint density at radius 2 is 1.78 bits per heavy atom. The standard InChI is InChI=1S/C28H22N6O2/c1-19-25(28(35)31-17-22-7-5-6-14-30-22)18-34-27(19)26(20(15-29)16-32-34)33-21-10-12-24(13-11-21)36-23-8-3-2-4-9-23/h2-14,16,18,33H,17H2,1H3,(H,31,35). The van der Waals surface area contributed by atoms with Crippen LogP contribution < -0.4 is 15.4 Å². The van der Waals surface area contributed by atoms with Gasteiger partial charge in [0.05, 0.1) is 40.8 Å². The maximum Gasteiger partial charge on any atom is 0.253 e. The van der Waals surface area contributed by atoms with Gasteiger partial charge in [0.2, 0.25) is 0 Å². The number of carbonyl (C=O) groups is 1. The van der Waals surface area contributed by atoms with Gasteiger partial charge in [-0.05, 0) is 61.0 Å². The van der Waals surface area contributed by atoms with Crippen LogP contribution in [0, 0.1) is 18.3 Å². The lowest BCUT2D eigenvalue weighted by molar-refractivity contribution is 0.0950. The van der Waals surface area contributed by atoms with E-state index in [0.29, 0.717) is 40.2 Å². The van der Waals surface area contributed by atoms with Crippen LogP contribution in [0.1, 0.15) is 27.2 Å². The molecule has 3 aromatic heterocycles. The second-order valence-electron chi connectivity index (χ2n) is 8.07. The molecule has 176 valence electrons. The molecule has 36 heavy (non-hydrogen) atoms. The van der Waals surface area contributed by atoms with Crippen LogP contribution in [-0.4, -0.2) is 20.5 Å². The number of hydrogen-bond donors (Lipinski definition) is 2. The summed E-state index contributed by atoms with van der Waals surface area (Å²) in [5, 5.41) is 20.3. The summed E-state index contributed by atoms with van der Waals surface area (Å²) in [5.41, 5.74) is 4.31. The third-order valence-corrected chi connectivity index (χ3v) is 5.68. The molecule has 0 fully saturated rings. The van der Waals surface area contributed by atoms with Gasteiger partial charge in [0.25, 0.3) is 5.91 Å². The average molecular weight is 475 g/mol. The third-order valence-electron chi connectivity index (χ3n) is 5.68. The van der Waals surface area contributed by atoms with E-state index in [-0.39, 0.29) is 5.91 Å². The Balaban J connectivity index is 1.41. The van der Waals surface area contributed by atoms with E-state index in [1.165, 1.54) is 6.20 Å². The molecule has 0 radical (unpaired) electrons. The Morgan fingerprint density at radius 3 is 2.50 bits per heavy atom. The number of aryl methyl sites for hydroxylation is 1. The first-order valence-electron chi connectivity index (χ1n) is 11.3. The lowest BCUT2D eigenvalue weighted by Gasteiger charge is -2.12. The molecule has 1 amide bonds. The maximum absolute atomic E-state index is 12.9. The van der Waals surface area contributed by atoms with Crippen LogP contribution in [0.4, 0.5) is 11.4 Å². The number of carbonyl (C=O) groups excluding carboxylic acids is 1. The number of para-hydroxylation sites is 1. The monoisotopic (exact) mass is 474 g/mol. The molecule has 0 saturated carbocycles. The summed E-state index contributed by atoms with van der Waals surface area (Å²) >= 11 is 0. The van der Waals surface area contributed by atoms with E-state index in [0.717, 1.165) is 17.1 Å². The molecule has 0 unspecified atom stereocenters. The molecule has 2 aromatic carbocycles. The van der Waals surface area contributed by atoms with Crippen molar-refractivity contribution < 1.29 is 9.53 Å². The number of pyridine rings is 1. The van der Waals surface area contributed by atoms with Crippen molar-refractivity contribution in [2.24, 2.45) is 0 Å². The molecule has 0 atom stereocenters. The summed E-state index contributed by atoms with van der Waals surface area (Å²) in [6.07, 6.45) is 4.84. The van der Waals surface area contributed by atoms with Gasteiger partial charge in [-0.15, -0.1) is 0 Å². The summed E-state index contributed by atoms with van der Waals surface area (Å²) in [6.45, 7) is 2.15. The molecule has 3 heterocycles. The number of rotatable bonds is 7. The predicted molar refractivity (Wildman–Crippen MR) is 136 cm³/mol. The molecular weight excluding hydrogens is 452 g/mol. The van der Waals surface area contributed by atoms with Crippen LogP contribution in [0.3, 0.4) is 0 Å². The number of ether oxygens (including phenoxy) is 1. The van der Waals surface area contributed by atoms with Crippen molar-refractivity contribution in [2.45, 2.75) is 13.5 Å². The second-order valence-corrected chi connectivity index (χ2v) is 8.07. The van der Waals surface area contributed by atoms with E-state index in [4.69, 9.17) is 4.74 Å². The maximum atomic E-state index is 12.9. The zero-order chi connectivity index (χ0) is 24.9. The number of hydrogen-bond acceptors (Lipinski definition) is 6. The van der Waals surface area contributed by atoms with Crippen LogP contribution in [0.25, 0.3) is 5.52 Å². The lowest BCUT2D eigenvalue weighted by Crippen LogP contribution is -2.23. The van der Waals surface area contributed by atoms with E-state index in [1.54, 1.807) is 16.9 Å². The van der Waals surface area contributed by atoms with Gasteiger partial charge in [0.15, 0.2) is 0 Å². The zero-order valence-electron chi connectivity index (χ0n) is 19.5. The fourth-order valence-electron chi connectivity index (χ4n) is 3.87. The quantitative estimate of drug-likeness (QED) is 0.328. The van der Waals surface area contributed by atoms with Gasteiger partial charge < -0.3 is 15.4 Å². The fourth-order valence-corrected chi connectivity index (χ4v) is 3.87. The SMILES string of the molecule is Cc1c(C(=O)NCc2ccccn2)cn2ncc(C#N)c(Nc3ccc(Oc4ccccc4)cc3)c12. The molecule has 0 saturated heterocycles. The first-order chi connectivity index (χ1) is 17.6. The molecule has 8 heteroatoms. The minimum absolute atomic E-state index is 0.240. The highest BCUT2D eigenvalue weighted by Crippen LogP contribution is 2.31. The van der Waals surface area contributed by atoms with E-state index in [2.05, 4.69) is 26.8 Å². The number of amides is 1. The van der Waals surface area contributed by atoms with Gasteiger partial charge in [0, 0.05) is 18.1 Å². The minimum atomic E-state index is -0.240. The Morgan fingerprint density at radius 1 is 1.03 bits per heavy atom.